The van der Waals surface area contributed by atoms with Crippen LogP contribution < -0.4 is 5.32 Å². The van der Waals surface area contributed by atoms with Crippen molar-refractivity contribution >= 4 is 16.8 Å². The van der Waals surface area contributed by atoms with Crippen molar-refractivity contribution in [3.8, 4) is 11.3 Å². The molecular formula is C23H21F3N2O2. The van der Waals surface area contributed by atoms with Gasteiger partial charge in [0.1, 0.15) is 17.5 Å². The summed E-state index contributed by atoms with van der Waals surface area (Å²) in [6.07, 6.45) is 2.65. The number of hydrogen-bond acceptors (Lipinski definition) is 2. The standard InChI is InChI=1S/C23H21F3N2O2/c24-15-3-1-12(2-4-15)20-19(17-9-16(25)10-18(26)21(17)27-20)13-7-14(8-13)22(30)28-23(11-29)5-6-23/h1-4,9-10,13-14,27,29H,5-8,11H2,(H,28,30)/t13-,14+. The number of rotatable bonds is 5. The van der Waals surface area contributed by atoms with Crippen LogP contribution >= 0.6 is 0 Å². The minimum atomic E-state index is -0.688. The van der Waals surface area contributed by atoms with Crippen LogP contribution in [0.5, 0.6) is 0 Å². The summed E-state index contributed by atoms with van der Waals surface area (Å²) in [5.41, 5.74) is 1.78. The Labute approximate surface area is 171 Å². The SMILES string of the molecule is O=C(NC1(CO)CC1)[C@H]1C[C@@H](c2c(-c3ccc(F)cc3)[nH]c3c(F)cc(F)cc32)C1. The van der Waals surface area contributed by atoms with Crippen LogP contribution in [0.25, 0.3) is 22.2 Å². The van der Waals surface area contributed by atoms with Crippen LogP contribution in [0, 0.1) is 23.4 Å². The molecule has 4 nitrogen and oxygen atoms in total. The summed E-state index contributed by atoms with van der Waals surface area (Å²) < 4.78 is 41.8. The number of nitrogens with one attached hydrogen (secondary N) is 2. The fraction of sp³-hybridized carbons (Fsp3) is 0.348. The molecule has 1 aromatic heterocycles. The molecule has 0 bridgehead atoms. The average molecular weight is 414 g/mol. The molecule has 7 heteroatoms. The van der Waals surface area contributed by atoms with Gasteiger partial charge in [-0.1, -0.05) is 0 Å². The Morgan fingerprint density at radius 1 is 1.10 bits per heavy atom. The van der Waals surface area contributed by atoms with Crippen LogP contribution in [0.4, 0.5) is 13.2 Å². The molecule has 156 valence electrons. The number of fused-ring (bicyclic) bond motifs is 1. The third-order valence-electron chi connectivity index (χ3n) is 6.46. The zero-order valence-corrected chi connectivity index (χ0v) is 16.1. The molecule has 1 amide bonds. The smallest absolute Gasteiger partial charge is 0.223 e. The second-order valence-electron chi connectivity index (χ2n) is 8.52. The fourth-order valence-electron chi connectivity index (χ4n) is 4.41. The average Bonchev–Trinajstić information content (AvgIpc) is 3.35. The number of amides is 1. The summed E-state index contributed by atoms with van der Waals surface area (Å²) in [6.45, 7) is -0.0649. The molecular weight excluding hydrogens is 393 g/mol. The van der Waals surface area contributed by atoms with Gasteiger partial charge in [0, 0.05) is 17.4 Å². The van der Waals surface area contributed by atoms with E-state index in [-0.39, 0.29) is 35.7 Å². The van der Waals surface area contributed by atoms with Crippen molar-refractivity contribution in [1.82, 2.24) is 10.3 Å². The van der Waals surface area contributed by atoms with Gasteiger partial charge in [-0.05, 0) is 73.1 Å². The molecule has 0 unspecified atom stereocenters. The zero-order chi connectivity index (χ0) is 21.0. The summed E-state index contributed by atoms with van der Waals surface area (Å²) >= 11 is 0. The number of benzene rings is 2. The maximum absolute atomic E-state index is 14.4. The Hall–Kier alpha value is -2.80. The Bertz CT molecular complexity index is 1130. The van der Waals surface area contributed by atoms with Crippen molar-refractivity contribution < 1.29 is 23.1 Å². The van der Waals surface area contributed by atoms with Crippen molar-refractivity contribution in [2.24, 2.45) is 5.92 Å². The lowest BCUT2D eigenvalue weighted by Crippen LogP contribution is -2.46. The number of H-pyrrole nitrogens is 1. The predicted octanol–water partition coefficient (Wildman–Crippen LogP) is 4.39. The van der Waals surface area contributed by atoms with E-state index in [2.05, 4.69) is 10.3 Å². The molecule has 2 aliphatic carbocycles. The van der Waals surface area contributed by atoms with Gasteiger partial charge in [0.15, 0.2) is 0 Å². The summed E-state index contributed by atoms with van der Waals surface area (Å²) in [4.78, 5) is 15.6. The highest BCUT2D eigenvalue weighted by atomic mass is 19.1. The van der Waals surface area contributed by atoms with E-state index in [1.165, 1.54) is 18.2 Å². The van der Waals surface area contributed by atoms with E-state index in [4.69, 9.17) is 0 Å². The molecule has 0 spiro atoms. The summed E-state index contributed by atoms with van der Waals surface area (Å²) in [5, 5.41) is 12.8. The van der Waals surface area contributed by atoms with Gasteiger partial charge in [0.05, 0.1) is 23.4 Å². The summed E-state index contributed by atoms with van der Waals surface area (Å²) in [7, 11) is 0. The van der Waals surface area contributed by atoms with Gasteiger partial charge >= 0.3 is 0 Å². The first-order chi connectivity index (χ1) is 14.4. The minimum Gasteiger partial charge on any atom is -0.394 e. The van der Waals surface area contributed by atoms with E-state index in [1.54, 1.807) is 12.1 Å². The quantitative estimate of drug-likeness (QED) is 0.580. The van der Waals surface area contributed by atoms with Crippen molar-refractivity contribution in [3.63, 3.8) is 0 Å². The molecule has 1 heterocycles. The van der Waals surface area contributed by atoms with Crippen molar-refractivity contribution in [1.29, 1.82) is 0 Å². The predicted molar refractivity (Wildman–Crippen MR) is 106 cm³/mol. The van der Waals surface area contributed by atoms with Gasteiger partial charge in [-0.2, -0.15) is 0 Å². The van der Waals surface area contributed by atoms with Gasteiger partial charge in [-0.15, -0.1) is 0 Å². The normalized spacial score (nSPS) is 22.0. The monoisotopic (exact) mass is 414 g/mol. The van der Waals surface area contributed by atoms with Crippen molar-refractivity contribution in [2.45, 2.75) is 37.1 Å². The molecule has 0 radical (unpaired) electrons. The van der Waals surface area contributed by atoms with Crippen LogP contribution in [0.2, 0.25) is 0 Å². The highest BCUT2D eigenvalue weighted by Crippen LogP contribution is 2.49. The number of aromatic nitrogens is 1. The largest absolute Gasteiger partial charge is 0.394 e. The van der Waals surface area contributed by atoms with E-state index in [0.29, 0.717) is 29.5 Å². The van der Waals surface area contributed by atoms with Crippen LogP contribution in [0.1, 0.15) is 37.2 Å². The van der Waals surface area contributed by atoms with Crippen molar-refractivity contribution in [3.05, 3.63) is 59.4 Å². The molecule has 0 atom stereocenters. The Balaban J connectivity index is 1.48. The second-order valence-corrected chi connectivity index (χ2v) is 8.52. The molecule has 5 rings (SSSR count). The minimum absolute atomic E-state index is 0.0555. The van der Waals surface area contributed by atoms with E-state index in [9.17, 15) is 23.1 Å². The Kier molecular flexibility index (Phi) is 4.39. The summed E-state index contributed by atoms with van der Waals surface area (Å²) in [6, 6.07) is 7.97. The molecule has 2 aliphatic rings. The molecule has 0 aliphatic heterocycles. The first-order valence-electron chi connectivity index (χ1n) is 10.1. The van der Waals surface area contributed by atoms with Crippen LogP contribution in [-0.2, 0) is 4.79 Å². The van der Waals surface area contributed by atoms with E-state index in [1.807, 2.05) is 0 Å². The summed E-state index contributed by atoms with van der Waals surface area (Å²) in [5.74, 6) is -2.08. The number of aliphatic hydroxyl groups excluding tert-OH is 1. The highest BCUT2D eigenvalue weighted by molar-refractivity contribution is 5.92. The number of carbonyl (C=O) groups excluding carboxylic acids is 1. The zero-order valence-electron chi connectivity index (χ0n) is 16.1. The topological polar surface area (TPSA) is 65.1 Å². The second kappa shape index (κ2) is 6.87. The van der Waals surface area contributed by atoms with E-state index >= 15 is 0 Å². The lowest BCUT2D eigenvalue weighted by Gasteiger charge is -2.36. The van der Waals surface area contributed by atoms with Crippen molar-refractivity contribution in [2.75, 3.05) is 6.61 Å². The lowest BCUT2D eigenvalue weighted by atomic mass is 9.69. The maximum Gasteiger partial charge on any atom is 0.223 e. The molecule has 30 heavy (non-hydrogen) atoms. The third kappa shape index (κ3) is 3.17. The van der Waals surface area contributed by atoms with Gasteiger partial charge in [0.25, 0.3) is 0 Å². The molecule has 3 N–H and O–H groups in total. The third-order valence-corrected chi connectivity index (χ3v) is 6.46. The number of hydrogen-bond donors (Lipinski definition) is 3. The fourth-order valence-corrected chi connectivity index (χ4v) is 4.41. The van der Waals surface area contributed by atoms with Crippen LogP contribution in [0.3, 0.4) is 0 Å². The number of halogens is 3. The van der Waals surface area contributed by atoms with Gasteiger partial charge in [-0.3, -0.25) is 4.79 Å². The molecule has 3 aromatic rings. The van der Waals surface area contributed by atoms with E-state index in [0.717, 1.165) is 24.5 Å². The highest BCUT2D eigenvalue weighted by Gasteiger charge is 2.46. The lowest BCUT2D eigenvalue weighted by molar-refractivity contribution is -0.129. The van der Waals surface area contributed by atoms with E-state index < -0.39 is 17.2 Å². The van der Waals surface area contributed by atoms with Crippen LogP contribution in [-0.4, -0.2) is 28.1 Å². The first kappa shape index (κ1) is 19.2. The number of carbonyl (C=O) groups is 1. The first-order valence-corrected chi connectivity index (χ1v) is 10.1. The van der Waals surface area contributed by atoms with Gasteiger partial charge in [-0.25, -0.2) is 13.2 Å². The van der Waals surface area contributed by atoms with Crippen LogP contribution in [0.15, 0.2) is 36.4 Å². The number of aromatic amines is 1. The van der Waals surface area contributed by atoms with Gasteiger partial charge in [0.2, 0.25) is 5.91 Å². The Morgan fingerprint density at radius 2 is 1.80 bits per heavy atom. The molecule has 2 saturated carbocycles. The molecule has 0 saturated heterocycles. The maximum atomic E-state index is 14.4. The molecule has 2 aromatic carbocycles. The molecule has 2 fully saturated rings. The Morgan fingerprint density at radius 3 is 2.43 bits per heavy atom. The van der Waals surface area contributed by atoms with Gasteiger partial charge < -0.3 is 15.4 Å². The number of aliphatic hydroxyl groups is 1.